The van der Waals surface area contributed by atoms with Crippen LogP contribution in [0.25, 0.3) is 21.0 Å². The van der Waals surface area contributed by atoms with Crippen LogP contribution in [-0.4, -0.2) is 53.1 Å². The summed E-state index contributed by atoms with van der Waals surface area (Å²) in [5.74, 6) is -0.210. The molecule has 1 amide bonds. The first-order valence-corrected chi connectivity index (χ1v) is 12.1. The van der Waals surface area contributed by atoms with Crippen molar-refractivity contribution < 1.29 is 13.2 Å². The second kappa shape index (κ2) is 7.72. The van der Waals surface area contributed by atoms with Crippen LogP contribution in [0.5, 0.6) is 0 Å². The van der Waals surface area contributed by atoms with E-state index in [-0.39, 0.29) is 23.2 Å². The molecule has 5 rings (SSSR count). The lowest BCUT2D eigenvalue weighted by atomic mass is 10.2. The number of rotatable bonds is 5. The van der Waals surface area contributed by atoms with E-state index in [1.165, 1.54) is 15.6 Å². The van der Waals surface area contributed by atoms with Crippen LogP contribution in [0, 0.1) is 0 Å². The molecule has 10 heteroatoms. The van der Waals surface area contributed by atoms with Crippen molar-refractivity contribution in [2.24, 2.45) is 5.73 Å². The third-order valence-electron chi connectivity index (χ3n) is 5.51. The molecule has 1 aliphatic heterocycles. The first-order chi connectivity index (χ1) is 14.9. The van der Waals surface area contributed by atoms with Crippen molar-refractivity contribution in [2.45, 2.75) is 17.3 Å². The highest BCUT2D eigenvalue weighted by Crippen LogP contribution is 2.32. The summed E-state index contributed by atoms with van der Waals surface area (Å²) < 4.78 is 28.7. The summed E-state index contributed by atoms with van der Waals surface area (Å²) in [6, 6.07) is 11.2. The minimum atomic E-state index is -3.74. The molecule has 1 saturated heterocycles. The zero-order valence-corrected chi connectivity index (χ0v) is 18.2. The van der Waals surface area contributed by atoms with Crippen molar-refractivity contribution in [3.63, 3.8) is 0 Å². The van der Waals surface area contributed by atoms with Crippen LogP contribution in [-0.2, 0) is 27.9 Å². The first-order valence-electron chi connectivity index (χ1n) is 9.86. The van der Waals surface area contributed by atoms with Crippen LogP contribution in [0.1, 0.15) is 11.3 Å². The minimum Gasteiger partial charge on any atom is -0.357 e. The molecule has 0 spiro atoms. The van der Waals surface area contributed by atoms with Crippen LogP contribution < -0.4 is 5.73 Å². The highest BCUT2D eigenvalue weighted by Gasteiger charge is 2.34. The maximum Gasteiger partial charge on any atom is 0.253 e. The van der Waals surface area contributed by atoms with Gasteiger partial charge in [0.15, 0.2) is 0 Å². The molecule has 31 heavy (non-hydrogen) atoms. The fourth-order valence-electron chi connectivity index (χ4n) is 3.83. The van der Waals surface area contributed by atoms with E-state index in [1.807, 2.05) is 30.3 Å². The van der Waals surface area contributed by atoms with Crippen molar-refractivity contribution >= 4 is 48.3 Å². The van der Waals surface area contributed by atoms with Gasteiger partial charge in [-0.1, -0.05) is 6.07 Å². The number of piperazine rings is 1. The Bertz CT molecular complexity index is 1360. The van der Waals surface area contributed by atoms with E-state index in [1.54, 1.807) is 23.4 Å². The Kier molecular flexibility index (Phi) is 5.01. The lowest BCUT2D eigenvalue weighted by molar-refractivity contribution is -0.134. The van der Waals surface area contributed by atoms with Crippen LogP contribution in [0.15, 0.2) is 53.0 Å². The lowest BCUT2D eigenvalue weighted by Crippen LogP contribution is -2.51. The fourth-order valence-corrected chi connectivity index (χ4v) is 6.75. The highest BCUT2D eigenvalue weighted by molar-refractivity contribution is 7.91. The van der Waals surface area contributed by atoms with Crippen LogP contribution in [0.3, 0.4) is 0 Å². The Morgan fingerprint density at radius 2 is 2.00 bits per heavy atom. The number of amides is 1. The molecule has 0 radical (unpaired) electrons. The Balaban J connectivity index is 1.32. The van der Waals surface area contributed by atoms with E-state index in [9.17, 15) is 13.2 Å². The number of nitrogens with two attached hydrogens (primary N) is 1. The van der Waals surface area contributed by atoms with E-state index < -0.39 is 10.0 Å². The predicted octanol–water partition coefficient (Wildman–Crippen LogP) is 2.27. The third kappa shape index (κ3) is 3.72. The number of aromatic nitrogens is 2. The molecular formula is C21H21N5O3S2. The van der Waals surface area contributed by atoms with Gasteiger partial charge < -0.3 is 15.6 Å². The second-order valence-electron chi connectivity index (χ2n) is 7.55. The second-order valence-corrected chi connectivity index (χ2v) is 10.8. The molecule has 160 valence electrons. The smallest absolute Gasteiger partial charge is 0.253 e. The molecule has 0 unspecified atom stereocenters. The molecular weight excluding hydrogens is 434 g/mol. The van der Waals surface area contributed by atoms with E-state index in [0.29, 0.717) is 19.6 Å². The molecule has 4 heterocycles. The number of fused-ring (bicyclic) bond motifs is 2. The largest absolute Gasteiger partial charge is 0.357 e. The van der Waals surface area contributed by atoms with Gasteiger partial charge in [0.2, 0.25) is 5.91 Å². The van der Waals surface area contributed by atoms with Gasteiger partial charge in [-0.05, 0) is 41.3 Å². The highest BCUT2D eigenvalue weighted by atomic mass is 32.2. The Hall–Kier alpha value is -2.79. The number of aromatic amines is 1. The van der Waals surface area contributed by atoms with Crippen molar-refractivity contribution in [1.82, 2.24) is 19.2 Å². The number of H-pyrrole nitrogens is 1. The number of carbonyl (C=O) groups is 1. The van der Waals surface area contributed by atoms with Gasteiger partial charge >= 0.3 is 0 Å². The molecule has 3 aromatic heterocycles. The quantitative estimate of drug-likeness (QED) is 0.479. The molecule has 3 N–H and O–H groups in total. The molecule has 4 aromatic rings. The van der Waals surface area contributed by atoms with Crippen LogP contribution in [0.4, 0.5) is 0 Å². The number of thiophene rings is 1. The standard InChI is InChI=1S/C21H21N5O3S2/c22-10-14-1-2-19-15(7-14)9-21(30-19)31(28,29)26-6-5-25(20(27)13-26)12-17-8-16-11-23-4-3-18(16)24-17/h1-4,7-9,11,24H,5-6,10,12-13,22H2. The van der Waals surface area contributed by atoms with Gasteiger partial charge in [-0.15, -0.1) is 11.3 Å². The number of carbonyl (C=O) groups excluding carboxylic acids is 1. The first kappa shape index (κ1) is 20.1. The normalized spacial score (nSPS) is 15.9. The summed E-state index contributed by atoms with van der Waals surface area (Å²) in [5, 5.41) is 1.83. The van der Waals surface area contributed by atoms with Crippen molar-refractivity contribution in [2.75, 3.05) is 19.6 Å². The maximum absolute atomic E-state index is 13.2. The van der Waals surface area contributed by atoms with Crippen molar-refractivity contribution in [3.05, 3.63) is 60.0 Å². The lowest BCUT2D eigenvalue weighted by Gasteiger charge is -2.33. The number of sulfonamides is 1. The van der Waals surface area contributed by atoms with Gasteiger partial charge in [0, 0.05) is 53.3 Å². The van der Waals surface area contributed by atoms with Gasteiger partial charge in [-0.3, -0.25) is 9.78 Å². The molecule has 1 aliphatic rings. The van der Waals surface area contributed by atoms with Gasteiger partial charge in [0.25, 0.3) is 10.0 Å². The molecule has 8 nitrogen and oxygen atoms in total. The summed E-state index contributed by atoms with van der Waals surface area (Å²) >= 11 is 1.22. The van der Waals surface area contributed by atoms with E-state index in [4.69, 9.17) is 5.73 Å². The number of nitrogens with zero attached hydrogens (tertiary/aromatic N) is 3. The monoisotopic (exact) mass is 455 g/mol. The average Bonchev–Trinajstić information content (AvgIpc) is 3.38. The number of hydrogen-bond acceptors (Lipinski definition) is 6. The number of benzene rings is 1. The van der Waals surface area contributed by atoms with Crippen LogP contribution in [0.2, 0.25) is 0 Å². The third-order valence-corrected chi connectivity index (χ3v) is 8.92. The summed E-state index contributed by atoms with van der Waals surface area (Å²) in [4.78, 5) is 21.8. The number of hydrogen-bond donors (Lipinski definition) is 2. The topological polar surface area (TPSA) is 112 Å². The Morgan fingerprint density at radius 1 is 1.13 bits per heavy atom. The van der Waals surface area contributed by atoms with Crippen LogP contribution >= 0.6 is 11.3 Å². The average molecular weight is 456 g/mol. The Labute approximate surface area is 183 Å². The van der Waals surface area contributed by atoms with E-state index in [0.717, 1.165) is 32.2 Å². The predicted molar refractivity (Wildman–Crippen MR) is 120 cm³/mol. The summed E-state index contributed by atoms with van der Waals surface area (Å²) in [5.41, 5.74) is 8.49. The molecule has 1 fully saturated rings. The molecule has 0 saturated carbocycles. The van der Waals surface area contributed by atoms with E-state index in [2.05, 4.69) is 9.97 Å². The SMILES string of the molecule is NCc1ccc2sc(S(=O)(=O)N3CCN(Cc4cc5cnccc5[nH]4)C(=O)C3)cc2c1. The minimum absolute atomic E-state index is 0.160. The molecule has 0 atom stereocenters. The Morgan fingerprint density at radius 3 is 2.77 bits per heavy atom. The van der Waals surface area contributed by atoms with Gasteiger partial charge in [0.05, 0.1) is 13.1 Å². The van der Waals surface area contributed by atoms with Gasteiger partial charge in [-0.25, -0.2) is 8.42 Å². The number of nitrogens with one attached hydrogen (secondary N) is 1. The van der Waals surface area contributed by atoms with E-state index >= 15 is 0 Å². The van der Waals surface area contributed by atoms with Crippen molar-refractivity contribution in [3.8, 4) is 0 Å². The zero-order valence-electron chi connectivity index (χ0n) is 16.6. The molecule has 0 bridgehead atoms. The molecule has 0 aliphatic carbocycles. The fraction of sp³-hybridized carbons (Fsp3) is 0.238. The van der Waals surface area contributed by atoms with Gasteiger partial charge in [0.1, 0.15) is 4.21 Å². The molecule has 1 aromatic carbocycles. The summed E-state index contributed by atoms with van der Waals surface area (Å²) in [6.07, 6.45) is 3.48. The van der Waals surface area contributed by atoms with Crippen molar-refractivity contribution in [1.29, 1.82) is 0 Å². The summed E-state index contributed by atoms with van der Waals surface area (Å²) in [7, 11) is -3.74. The number of pyridine rings is 1. The maximum atomic E-state index is 13.2. The zero-order chi connectivity index (χ0) is 21.6. The summed E-state index contributed by atoms with van der Waals surface area (Å²) in [6.45, 7) is 1.25. The van der Waals surface area contributed by atoms with Gasteiger partial charge in [-0.2, -0.15) is 4.31 Å².